The first-order valence-corrected chi connectivity index (χ1v) is 16.2. The summed E-state index contributed by atoms with van der Waals surface area (Å²) in [5.74, 6) is -3.91. The van der Waals surface area contributed by atoms with Crippen LogP contribution in [0.25, 0.3) is 0 Å². The molecular formula is C33H56N2O10. The van der Waals surface area contributed by atoms with Crippen LogP contribution in [-0.2, 0) is 33.3 Å². The van der Waals surface area contributed by atoms with E-state index in [1.807, 2.05) is 25.9 Å². The number of nitrogens with zero attached hydrogens (tertiary/aromatic N) is 1. The second-order valence-electron chi connectivity index (χ2n) is 14.0. The minimum atomic E-state index is -1.32. The number of esters is 1. The van der Waals surface area contributed by atoms with Crippen molar-refractivity contribution >= 4 is 17.8 Å². The number of fused-ring (bicyclic) bond motifs is 1. The van der Waals surface area contributed by atoms with E-state index in [-0.39, 0.29) is 31.0 Å². The number of hydrogen-bond acceptors (Lipinski definition) is 11. The topological polar surface area (TPSA) is 153 Å². The number of ketones is 1. The first-order chi connectivity index (χ1) is 20.9. The number of carbonyl (C=O) groups excluding carboxylic acids is 3. The molecule has 0 spiro atoms. The summed E-state index contributed by atoms with van der Waals surface area (Å²) in [7, 11) is 3.75. The average molecular weight is 641 g/mol. The first-order valence-electron chi connectivity index (χ1n) is 16.2. The van der Waals surface area contributed by atoms with Gasteiger partial charge in [-0.25, -0.2) is 4.79 Å². The van der Waals surface area contributed by atoms with Crippen molar-refractivity contribution in [3.63, 3.8) is 0 Å². The van der Waals surface area contributed by atoms with Gasteiger partial charge in [-0.2, -0.15) is 0 Å². The van der Waals surface area contributed by atoms with Gasteiger partial charge in [0.1, 0.15) is 18.0 Å². The highest BCUT2D eigenvalue weighted by atomic mass is 16.7. The molecule has 14 atom stereocenters. The van der Waals surface area contributed by atoms with Gasteiger partial charge in [0.2, 0.25) is 0 Å². The highest BCUT2D eigenvalue weighted by molar-refractivity contribution is 5.85. The van der Waals surface area contributed by atoms with Gasteiger partial charge in [0, 0.05) is 23.8 Å². The Morgan fingerprint density at radius 3 is 2.29 bits per heavy atom. The number of aliphatic hydroxyl groups excluding tert-OH is 2. The van der Waals surface area contributed by atoms with Gasteiger partial charge in [0.25, 0.3) is 0 Å². The number of alkyl carbamates (subject to hydrolysis) is 1. The van der Waals surface area contributed by atoms with Crippen LogP contribution in [0.4, 0.5) is 4.79 Å². The number of aliphatic hydroxyl groups is 2. The lowest BCUT2D eigenvalue weighted by Crippen LogP contribution is -2.60. The minimum absolute atomic E-state index is 0.112. The molecule has 12 nitrogen and oxygen atoms in total. The van der Waals surface area contributed by atoms with Crippen LogP contribution in [0.2, 0.25) is 0 Å². The average Bonchev–Trinajstić information content (AvgIpc) is 3.30. The van der Waals surface area contributed by atoms with Crippen molar-refractivity contribution in [2.45, 2.75) is 135 Å². The van der Waals surface area contributed by atoms with E-state index >= 15 is 0 Å². The van der Waals surface area contributed by atoms with E-state index in [2.05, 4.69) is 11.9 Å². The predicted octanol–water partition coefficient (Wildman–Crippen LogP) is 2.83. The quantitative estimate of drug-likeness (QED) is 0.278. The fourth-order valence-corrected chi connectivity index (χ4v) is 7.53. The van der Waals surface area contributed by atoms with Crippen LogP contribution >= 0.6 is 0 Å². The number of Topliss-reactive ketones (excluding diaryl/α,β-unsaturated/α-hetero) is 1. The number of likely N-dealkylation sites (N-methyl/N-ethyl adjacent to an activating group) is 1. The molecule has 3 heterocycles. The van der Waals surface area contributed by atoms with Gasteiger partial charge >= 0.3 is 12.1 Å². The van der Waals surface area contributed by atoms with Crippen molar-refractivity contribution in [3.05, 3.63) is 12.7 Å². The van der Waals surface area contributed by atoms with E-state index in [1.54, 1.807) is 54.5 Å². The molecule has 3 fully saturated rings. The molecule has 3 aliphatic rings. The fourth-order valence-electron chi connectivity index (χ4n) is 7.53. The minimum Gasteiger partial charge on any atom is -0.458 e. The van der Waals surface area contributed by atoms with Crippen molar-refractivity contribution < 1.29 is 48.3 Å². The number of cyclic esters (lactones) is 1. The molecule has 0 saturated carbocycles. The number of hydrogen-bond donors (Lipinski definition) is 3. The lowest BCUT2D eigenvalue weighted by Gasteiger charge is -2.48. The Labute approximate surface area is 268 Å². The van der Waals surface area contributed by atoms with E-state index in [9.17, 15) is 24.6 Å². The van der Waals surface area contributed by atoms with Gasteiger partial charge in [-0.3, -0.25) is 9.59 Å². The van der Waals surface area contributed by atoms with Crippen molar-refractivity contribution in [2.24, 2.45) is 23.7 Å². The summed E-state index contributed by atoms with van der Waals surface area (Å²) in [6, 6.07) is -1.03. The number of nitrogens with one attached hydrogen (secondary N) is 1. The van der Waals surface area contributed by atoms with Gasteiger partial charge in [-0.05, 0) is 61.1 Å². The normalized spacial score (nSPS) is 45.2. The molecular weight excluding hydrogens is 584 g/mol. The molecule has 0 bridgehead atoms. The SMILES string of the molecule is C=CCO[C@]1(C)C[C@@H](C)C(=O)[C@H](C)[C@H]2NC(=O)O[C@]2(C)[C@@H](CC)OC(=O)[C@H](C)[C@@H](O)[C@H](C)[C@H]1O[C@@H]1O[C@H](C)C[C@H](N(C)C)[C@H]1O. The van der Waals surface area contributed by atoms with Crippen LogP contribution in [0.15, 0.2) is 12.7 Å². The zero-order valence-electron chi connectivity index (χ0n) is 28.6. The maximum Gasteiger partial charge on any atom is 0.408 e. The summed E-state index contributed by atoms with van der Waals surface area (Å²) in [5, 5.41) is 25.9. The number of rotatable bonds is 7. The van der Waals surface area contributed by atoms with E-state index in [0.717, 1.165) is 0 Å². The molecule has 0 aromatic carbocycles. The van der Waals surface area contributed by atoms with Crippen LogP contribution in [0.1, 0.15) is 74.7 Å². The van der Waals surface area contributed by atoms with E-state index in [1.165, 1.54) is 0 Å². The summed E-state index contributed by atoms with van der Waals surface area (Å²) in [4.78, 5) is 42.2. The molecule has 0 aromatic heterocycles. The Morgan fingerprint density at radius 2 is 1.71 bits per heavy atom. The van der Waals surface area contributed by atoms with Gasteiger partial charge in [0.05, 0.1) is 42.5 Å². The smallest absolute Gasteiger partial charge is 0.408 e. The fraction of sp³-hybridized carbons (Fsp3) is 0.848. The molecule has 258 valence electrons. The molecule has 0 aromatic rings. The molecule has 0 radical (unpaired) electrons. The van der Waals surface area contributed by atoms with Crippen LogP contribution in [-0.4, -0.2) is 114 Å². The third-order valence-corrected chi connectivity index (χ3v) is 10.2. The summed E-state index contributed by atoms with van der Waals surface area (Å²) >= 11 is 0. The van der Waals surface area contributed by atoms with Crippen LogP contribution in [0.3, 0.4) is 0 Å². The summed E-state index contributed by atoms with van der Waals surface area (Å²) in [6.07, 6.45) is -3.49. The number of amides is 1. The second kappa shape index (κ2) is 14.8. The van der Waals surface area contributed by atoms with Crippen LogP contribution in [0, 0.1) is 23.7 Å². The summed E-state index contributed by atoms with van der Waals surface area (Å²) in [6.45, 7) is 17.9. The molecule has 3 saturated heterocycles. The lowest BCUT2D eigenvalue weighted by molar-refractivity contribution is -0.302. The van der Waals surface area contributed by atoms with Crippen molar-refractivity contribution in [1.29, 1.82) is 0 Å². The van der Waals surface area contributed by atoms with Crippen LogP contribution < -0.4 is 5.32 Å². The summed E-state index contributed by atoms with van der Waals surface area (Å²) in [5.41, 5.74) is -2.54. The highest BCUT2D eigenvalue weighted by Gasteiger charge is 2.57. The van der Waals surface area contributed by atoms with Gasteiger partial charge in [-0.1, -0.05) is 33.8 Å². The van der Waals surface area contributed by atoms with Crippen LogP contribution in [0.5, 0.6) is 0 Å². The van der Waals surface area contributed by atoms with E-state index < -0.39 is 83.7 Å². The van der Waals surface area contributed by atoms with E-state index in [4.69, 9.17) is 23.7 Å². The predicted molar refractivity (Wildman–Crippen MR) is 166 cm³/mol. The van der Waals surface area contributed by atoms with Gasteiger partial charge in [-0.15, -0.1) is 6.58 Å². The van der Waals surface area contributed by atoms with Gasteiger partial charge in [0.15, 0.2) is 11.9 Å². The monoisotopic (exact) mass is 640 g/mol. The standard InChI is InChI=1S/C33H56N2O10/c1-12-14-41-32(8)16-17(3)24(36)19(5)27-33(9,45-31(40)34-27)23(13-2)43-29(39)21(7)25(37)20(6)28(32)44-30-26(38)22(35(10)11)15-18(4)42-30/h12,17-23,25-28,30,37-38H,1,13-16H2,2-11H3,(H,34,40)/t17-,18-,19+,20+,21-,22+,23-,25+,26-,27-,28-,30+,32-,33-/m1/s1. The molecule has 0 unspecified atom stereocenters. The molecule has 1 amide bonds. The lowest BCUT2D eigenvalue weighted by atomic mass is 9.73. The Hall–Kier alpha value is -2.09. The maximum absolute atomic E-state index is 14.1. The molecule has 3 rings (SSSR count). The molecule has 3 N–H and O–H groups in total. The largest absolute Gasteiger partial charge is 0.458 e. The third kappa shape index (κ3) is 7.73. The first kappa shape index (κ1) is 37.4. The molecule has 3 aliphatic heterocycles. The zero-order chi connectivity index (χ0) is 34.0. The summed E-state index contributed by atoms with van der Waals surface area (Å²) < 4.78 is 30.8. The maximum atomic E-state index is 14.1. The van der Waals surface area contributed by atoms with Gasteiger partial charge < -0.3 is 44.1 Å². The zero-order valence-corrected chi connectivity index (χ0v) is 28.6. The number of ether oxygens (including phenoxy) is 5. The molecule has 45 heavy (non-hydrogen) atoms. The molecule has 12 heteroatoms. The van der Waals surface area contributed by atoms with Crippen molar-refractivity contribution in [1.82, 2.24) is 10.2 Å². The molecule has 0 aliphatic carbocycles. The van der Waals surface area contributed by atoms with Crippen molar-refractivity contribution in [3.8, 4) is 0 Å². The second-order valence-corrected chi connectivity index (χ2v) is 14.0. The highest BCUT2D eigenvalue weighted by Crippen LogP contribution is 2.41. The Kier molecular flexibility index (Phi) is 12.3. The van der Waals surface area contributed by atoms with Crippen molar-refractivity contribution in [2.75, 3.05) is 20.7 Å². The Balaban J connectivity index is 2.13. The Morgan fingerprint density at radius 1 is 1.07 bits per heavy atom. The third-order valence-electron chi connectivity index (χ3n) is 10.2. The van der Waals surface area contributed by atoms with E-state index in [0.29, 0.717) is 12.8 Å². The number of carbonyl (C=O) groups is 3. The Bertz CT molecular complexity index is 1070.